The Kier molecular flexibility index (Phi) is 7.18. The second-order valence-corrected chi connectivity index (χ2v) is 13.6. The number of Topliss-reactive ketones (excluding diaryl/α,β-unsaturated/α-hetero) is 1. The number of fused-ring (bicyclic) bond motifs is 5. The monoisotopic (exact) mass is 521 g/mol. The highest BCUT2D eigenvalue weighted by atomic mass is 16.5. The second kappa shape index (κ2) is 9.89. The summed E-state index contributed by atoms with van der Waals surface area (Å²) in [6.07, 6.45) is 6.84. The molecule has 0 spiro atoms. The van der Waals surface area contributed by atoms with Gasteiger partial charge in [0.05, 0.1) is 6.10 Å². The summed E-state index contributed by atoms with van der Waals surface area (Å²) in [5.41, 5.74) is 9.38. The van der Waals surface area contributed by atoms with Crippen molar-refractivity contribution in [2.24, 2.45) is 45.7 Å². The van der Waals surface area contributed by atoms with E-state index >= 15 is 0 Å². The highest BCUT2D eigenvalue weighted by Gasteiger charge is 2.68. The minimum Gasteiger partial charge on any atom is -0.458 e. The molecule has 5 rings (SSSR count). The fourth-order valence-corrected chi connectivity index (χ4v) is 10.2. The van der Waals surface area contributed by atoms with E-state index < -0.39 is 0 Å². The number of hydrogen-bond acceptors (Lipinski definition) is 5. The SMILES string of the molecule is CC(=O)O[C@H]1C[C@@]2(C)[C@@H](CC[C@H]3[C@@]4(C)CC[C@@H](O)[C@@H](CN)[C@@H]4CC[C@@]32C)/C1=C(\Cc1ccccc1)C(C)=O. The molecule has 5 heteroatoms. The van der Waals surface area contributed by atoms with E-state index in [4.69, 9.17) is 10.5 Å². The number of esters is 1. The molecule has 4 saturated carbocycles. The van der Waals surface area contributed by atoms with Crippen molar-refractivity contribution < 1.29 is 19.4 Å². The van der Waals surface area contributed by atoms with Crippen molar-refractivity contribution >= 4 is 11.8 Å². The van der Waals surface area contributed by atoms with Crippen LogP contribution in [0.1, 0.15) is 85.1 Å². The molecule has 4 aliphatic carbocycles. The largest absolute Gasteiger partial charge is 0.458 e. The van der Waals surface area contributed by atoms with Crippen molar-refractivity contribution in [3.8, 4) is 0 Å². The average molecular weight is 522 g/mol. The van der Waals surface area contributed by atoms with Gasteiger partial charge >= 0.3 is 5.97 Å². The third-order valence-corrected chi connectivity index (χ3v) is 12.1. The molecule has 0 bridgehead atoms. The van der Waals surface area contributed by atoms with Crippen LogP contribution < -0.4 is 5.73 Å². The Morgan fingerprint density at radius 2 is 1.71 bits per heavy atom. The van der Waals surface area contributed by atoms with Crippen LogP contribution >= 0.6 is 0 Å². The Morgan fingerprint density at radius 3 is 2.34 bits per heavy atom. The van der Waals surface area contributed by atoms with Gasteiger partial charge in [0.15, 0.2) is 5.78 Å². The molecule has 1 aromatic carbocycles. The zero-order valence-corrected chi connectivity index (χ0v) is 24.0. The summed E-state index contributed by atoms with van der Waals surface area (Å²) in [6.45, 7) is 11.1. The first kappa shape index (κ1) is 27.6. The van der Waals surface area contributed by atoms with E-state index in [2.05, 4.69) is 32.9 Å². The zero-order valence-electron chi connectivity index (χ0n) is 24.0. The fraction of sp³-hybridized carbons (Fsp3) is 0.697. The average Bonchev–Trinajstić information content (AvgIpc) is 3.15. The van der Waals surface area contributed by atoms with Crippen LogP contribution in [0.15, 0.2) is 41.5 Å². The summed E-state index contributed by atoms with van der Waals surface area (Å²) in [5, 5.41) is 10.8. The molecule has 1 aromatic rings. The third kappa shape index (κ3) is 4.11. The van der Waals surface area contributed by atoms with Gasteiger partial charge in [0.1, 0.15) is 6.10 Å². The van der Waals surface area contributed by atoms with Crippen molar-refractivity contribution in [3.05, 3.63) is 47.0 Å². The Balaban J connectivity index is 1.59. The first-order valence-corrected chi connectivity index (χ1v) is 14.8. The maximum atomic E-state index is 13.2. The molecular weight excluding hydrogens is 474 g/mol. The maximum Gasteiger partial charge on any atom is 0.303 e. The van der Waals surface area contributed by atoms with Gasteiger partial charge in [0.2, 0.25) is 0 Å². The first-order chi connectivity index (χ1) is 18.0. The van der Waals surface area contributed by atoms with E-state index in [0.717, 1.165) is 61.7 Å². The highest BCUT2D eigenvalue weighted by Crippen LogP contribution is 2.74. The molecule has 5 nitrogen and oxygen atoms in total. The summed E-state index contributed by atoms with van der Waals surface area (Å²) in [5.74, 6) is 1.16. The van der Waals surface area contributed by atoms with Gasteiger partial charge in [-0.15, -0.1) is 0 Å². The van der Waals surface area contributed by atoms with Crippen LogP contribution in [0.5, 0.6) is 0 Å². The number of carbonyl (C=O) groups excluding carboxylic acids is 2. The summed E-state index contributed by atoms with van der Waals surface area (Å²) < 4.78 is 6.06. The smallest absolute Gasteiger partial charge is 0.303 e. The van der Waals surface area contributed by atoms with E-state index in [0.29, 0.717) is 24.8 Å². The van der Waals surface area contributed by atoms with E-state index in [9.17, 15) is 14.7 Å². The van der Waals surface area contributed by atoms with Crippen LogP contribution in [0, 0.1) is 39.9 Å². The van der Waals surface area contributed by atoms with Crippen LogP contribution in [-0.2, 0) is 20.7 Å². The molecular formula is C33H47NO4. The molecule has 0 unspecified atom stereocenters. The number of ketones is 1. The lowest BCUT2D eigenvalue weighted by atomic mass is 9.37. The van der Waals surface area contributed by atoms with Crippen molar-refractivity contribution in [2.75, 3.05) is 6.54 Å². The van der Waals surface area contributed by atoms with Gasteiger partial charge in [-0.1, -0.05) is 51.1 Å². The third-order valence-electron chi connectivity index (χ3n) is 12.1. The van der Waals surface area contributed by atoms with Gasteiger partial charge in [0.25, 0.3) is 0 Å². The molecule has 0 aromatic heterocycles. The fourth-order valence-electron chi connectivity index (χ4n) is 10.2. The molecule has 4 fully saturated rings. The number of hydrogen-bond donors (Lipinski definition) is 2. The van der Waals surface area contributed by atoms with Crippen LogP contribution in [0.2, 0.25) is 0 Å². The molecule has 0 amide bonds. The molecule has 9 atom stereocenters. The predicted octanol–water partition coefficient (Wildman–Crippen LogP) is 5.63. The van der Waals surface area contributed by atoms with Crippen LogP contribution in [0.3, 0.4) is 0 Å². The van der Waals surface area contributed by atoms with Gasteiger partial charge in [-0.25, -0.2) is 0 Å². The number of rotatable bonds is 5. The Hall–Kier alpha value is -1.98. The molecule has 0 radical (unpaired) electrons. The van der Waals surface area contributed by atoms with E-state index in [1.54, 1.807) is 6.92 Å². The molecule has 0 aliphatic heterocycles. The van der Waals surface area contributed by atoms with Crippen molar-refractivity contribution in [3.63, 3.8) is 0 Å². The summed E-state index contributed by atoms with van der Waals surface area (Å²) in [4.78, 5) is 25.6. The molecule has 208 valence electrons. The number of aliphatic hydroxyl groups excluding tert-OH is 1. The number of aliphatic hydroxyl groups is 1. The van der Waals surface area contributed by atoms with Gasteiger partial charge in [0, 0.05) is 24.8 Å². The highest BCUT2D eigenvalue weighted by molar-refractivity contribution is 5.95. The van der Waals surface area contributed by atoms with E-state index in [1.165, 1.54) is 6.92 Å². The molecule has 0 heterocycles. The summed E-state index contributed by atoms with van der Waals surface area (Å²) >= 11 is 0. The number of carbonyl (C=O) groups is 2. The van der Waals surface area contributed by atoms with Crippen LogP contribution in [-0.4, -0.2) is 35.6 Å². The predicted molar refractivity (Wildman–Crippen MR) is 149 cm³/mol. The van der Waals surface area contributed by atoms with Crippen molar-refractivity contribution in [1.82, 2.24) is 0 Å². The Bertz CT molecular complexity index is 1110. The van der Waals surface area contributed by atoms with Crippen molar-refractivity contribution in [1.29, 1.82) is 0 Å². The van der Waals surface area contributed by atoms with Gasteiger partial charge in [-0.3, -0.25) is 9.59 Å². The summed E-state index contributed by atoms with van der Waals surface area (Å²) in [6, 6.07) is 10.2. The van der Waals surface area contributed by atoms with Crippen LogP contribution in [0.4, 0.5) is 0 Å². The van der Waals surface area contributed by atoms with Gasteiger partial charge in [-0.05, 0) is 104 Å². The lowest BCUT2D eigenvalue weighted by Gasteiger charge is -2.68. The number of nitrogens with two attached hydrogens (primary N) is 1. The first-order valence-electron chi connectivity index (χ1n) is 14.8. The molecule has 38 heavy (non-hydrogen) atoms. The zero-order chi connectivity index (χ0) is 27.5. The van der Waals surface area contributed by atoms with Crippen LogP contribution in [0.25, 0.3) is 0 Å². The Labute approximate surface area is 228 Å². The minimum atomic E-state index is -0.351. The minimum absolute atomic E-state index is 0.0530. The Morgan fingerprint density at radius 1 is 1.00 bits per heavy atom. The normalized spacial score (nSPS) is 43.4. The molecule has 0 saturated heterocycles. The lowest BCUT2D eigenvalue weighted by molar-refractivity contribution is -0.199. The molecule has 3 N–H and O–H groups in total. The van der Waals surface area contributed by atoms with Gasteiger partial charge in [-0.2, -0.15) is 0 Å². The second-order valence-electron chi connectivity index (χ2n) is 13.6. The number of benzene rings is 1. The molecule has 4 aliphatic rings. The van der Waals surface area contributed by atoms with Gasteiger partial charge < -0.3 is 15.6 Å². The number of allylic oxidation sites excluding steroid dienone is 1. The van der Waals surface area contributed by atoms with E-state index in [-0.39, 0.29) is 52.0 Å². The topological polar surface area (TPSA) is 89.6 Å². The lowest BCUT2D eigenvalue weighted by Crippen LogP contribution is -2.62. The van der Waals surface area contributed by atoms with Crippen molar-refractivity contribution in [2.45, 2.75) is 98.2 Å². The maximum absolute atomic E-state index is 13.2. The quantitative estimate of drug-likeness (QED) is 0.387. The van der Waals surface area contributed by atoms with E-state index in [1.807, 2.05) is 18.2 Å². The number of ether oxygens (including phenoxy) is 1. The summed E-state index contributed by atoms with van der Waals surface area (Å²) in [7, 11) is 0. The standard InChI is InChI=1S/C33H47NO4/c1-20(35)23(17-22-9-7-6-8-10-22)30-26-11-12-29-31(3)15-14-27(37)24(19-34)25(31)13-16-32(29,4)33(26,5)18-28(30)38-21(2)36/h6-10,24-29,37H,11-19,34H2,1-5H3/b30-23-/t24-,25-,26-,27+,28-,29-,31-,32-,33-/m0/s1.